The number of carbonyl (C=O) groups is 1. The van der Waals surface area contributed by atoms with E-state index in [1.165, 1.54) is 16.2 Å². The Morgan fingerprint density at radius 3 is 3.22 bits per heavy atom. The predicted octanol–water partition coefficient (Wildman–Crippen LogP) is 1.44. The second kappa shape index (κ2) is 4.78. The number of fused-ring (bicyclic) bond motifs is 4. The predicted molar refractivity (Wildman–Crippen MR) is 85.2 cm³/mol. The fraction of sp³-hybridized carbons (Fsp3) is 0.467. The lowest BCUT2D eigenvalue weighted by molar-refractivity contribution is 0.219. The summed E-state index contributed by atoms with van der Waals surface area (Å²) in [5.41, 5.74) is 1.96. The van der Waals surface area contributed by atoms with Crippen LogP contribution in [-0.4, -0.2) is 49.0 Å². The number of piperidine rings is 1. The van der Waals surface area contributed by atoms with Crippen molar-refractivity contribution in [3.63, 3.8) is 0 Å². The zero-order valence-corrected chi connectivity index (χ0v) is 13.0. The largest absolute Gasteiger partial charge is 0.493 e. The Labute approximate surface area is 135 Å². The average Bonchev–Trinajstić information content (AvgIpc) is 3.20. The molecular weight excluding hydrogens is 319 g/mol. The van der Waals surface area contributed by atoms with Gasteiger partial charge in [-0.15, -0.1) is 0 Å². The van der Waals surface area contributed by atoms with Crippen molar-refractivity contribution in [3.8, 4) is 5.75 Å². The molecule has 0 aliphatic carbocycles. The number of carbonyl (C=O) groups excluding carboxylic acids is 1. The van der Waals surface area contributed by atoms with E-state index in [4.69, 9.17) is 4.74 Å². The maximum atomic E-state index is 14.4. The molecular formula is C15H15FN4O2S. The van der Waals surface area contributed by atoms with Gasteiger partial charge in [-0.25, -0.2) is 14.2 Å². The lowest BCUT2D eigenvalue weighted by atomic mass is 10.0. The number of ether oxygens (including phenoxy) is 1. The monoisotopic (exact) mass is 334 g/mol. The molecule has 3 aliphatic rings. The first-order valence-corrected chi connectivity index (χ1v) is 8.54. The van der Waals surface area contributed by atoms with Crippen molar-refractivity contribution in [2.45, 2.75) is 24.7 Å². The standard InChI is InChI=1S/C15H15FN4O2S/c16-8-5-17-6-9-13(8)20(14(21)18-9)15-19-12-7-3-4-22-10(7)1-2-11(12)23-15/h1-2,8-9,13,17H,3-6H2,(H,18,21)/t8-,9-,13+/m0/s1. The maximum absolute atomic E-state index is 14.4. The topological polar surface area (TPSA) is 66.5 Å². The summed E-state index contributed by atoms with van der Waals surface area (Å²) < 4.78 is 21.0. The van der Waals surface area contributed by atoms with Crippen LogP contribution in [0.3, 0.4) is 0 Å². The first-order chi connectivity index (χ1) is 11.2. The van der Waals surface area contributed by atoms with Gasteiger partial charge in [0.1, 0.15) is 11.9 Å². The normalized spacial score (nSPS) is 29.3. The number of urea groups is 1. The van der Waals surface area contributed by atoms with Crippen LogP contribution in [-0.2, 0) is 6.42 Å². The highest BCUT2D eigenvalue weighted by molar-refractivity contribution is 7.22. The summed E-state index contributed by atoms with van der Waals surface area (Å²) >= 11 is 1.43. The van der Waals surface area contributed by atoms with Crippen molar-refractivity contribution in [2.75, 3.05) is 24.6 Å². The molecule has 6 nitrogen and oxygen atoms in total. The van der Waals surface area contributed by atoms with Crippen molar-refractivity contribution in [1.29, 1.82) is 0 Å². The third kappa shape index (κ3) is 1.88. The number of nitrogens with zero attached hydrogens (tertiary/aromatic N) is 2. The molecule has 0 unspecified atom stereocenters. The summed E-state index contributed by atoms with van der Waals surface area (Å²) in [5.74, 6) is 0.864. The van der Waals surface area contributed by atoms with E-state index in [2.05, 4.69) is 15.6 Å². The zero-order chi connectivity index (χ0) is 15.6. The molecule has 0 radical (unpaired) electrons. The van der Waals surface area contributed by atoms with Gasteiger partial charge < -0.3 is 15.4 Å². The van der Waals surface area contributed by atoms with Crippen molar-refractivity contribution >= 4 is 32.7 Å². The van der Waals surface area contributed by atoms with Crippen LogP contribution in [0.5, 0.6) is 5.75 Å². The fourth-order valence-electron chi connectivity index (χ4n) is 3.69. The Morgan fingerprint density at radius 1 is 1.39 bits per heavy atom. The molecule has 4 heterocycles. The van der Waals surface area contributed by atoms with Gasteiger partial charge in [0.15, 0.2) is 5.13 Å². The zero-order valence-electron chi connectivity index (χ0n) is 12.2. The minimum absolute atomic E-state index is 0.215. The molecule has 1 aromatic heterocycles. The van der Waals surface area contributed by atoms with Crippen molar-refractivity contribution < 1.29 is 13.9 Å². The second-order valence-corrected chi connectivity index (χ2v) is 7.08. The number of anilines is 1. The molecule has 5 rings (SSSR count). The van der Waals surface area contributed by atoms with E-state index in [-0.39, 0.29) is 18.6 Å². The maximum Gasteiger partial charge on any atom is 0.324 e. The number of alkyl halides is 1. The Hall–Kier alpha value is -1.93. The van der Waals surface area contributed by atoms with Crippen molar-refractivity contribution in [1.82, 2.24) is 15.6 Å². The number of amides is 2. The molecule has 1 aromatic carbocycles. The first kappa shape index (κ1) is 13.5. The number of hydrogen-bond donors (Lipinski definition) is 2. The lowest BCUT2D eigenvalue weighted by Gasteiger charge is -2.32. The molecule has 2 aromatic rings. The Balaban J connectivity index is 1.61. The van der Waals surface area contributed by atoms with Crippen LogP contribution < -0.4 is 20.3 Å². The molecule has 120 valence electrons. The van der Waals surface area contributed by atoms with E-state index in [0.717, 1.165) is 28.0 Å². The van der Waals surface area contributed by atoms with Gasteiger partial charge in [0.05, 0.1) is 28.9 Å². The highest BCUT2D eigenvalue weighted by Crippen LogP contribution is 2.39. The smallest absolute Gasteiger partial charge is 0.324 e. The van der Waals surface area contributed by atoms with Crippen LogP contribution in [0.2, 0.25) is 0 Å². The summed E-state index contributed by atoms with van der Waals surface area (Å²) in [4.78, 5) is 18.5. The molecule has 23 heavy (non-hydrogen) atoms. The second-order valence-electron chi connectivity index (χ2n) is 6.07. The number of benzene rings is 1. The van der Waals surface area contributed by atoms with Gasteiger partial charge in [0.25, 0.3) is 0 Å². The molecule has 0 spiro atoms. The van der Waals surface area contributed by atoms with E-state index in [1.54, 1.807) is 0 Å². The molecule has 2 saturated heterocycles. The SMILES string of the molecule is O=C1N[C@H]2CNC[C@H](F)[C@H]2N1c1nc2c3c(ccc2s1)OCC3. The van der Waals surface area contributed by atoms with Crippen LogP contribution >= 0.6 is 11.3 Å². The summed E-state index contributed by atoms with van der Waals surface area (Å²) in [7, 11) is 0. The summed E-state index contributed by atoms with van der Waals surface area (Å²) in [6, 6.07) is 2.93. The van der Waals surface area contributed by atoms with Gasteiger partial charge in [0.2, 0.25) is 0 Å². The minimum Gasteiger partial charge on any atom is -0.493 e. The lowest BCUT2D eigenvalue weighted by Crippen LogP contribution is -2.56. The van der Waals surface area contributed by atoms with Gasteiger partial charge in [-0.05, 0) is 12.1 Å². The first-order valence-electron chi connectivity index (χ1n) is 7.72. The number of aromatic nitrogens is 1. The number of thiazole rings is 1. The van der Waals surface area contributed by atoms with Crippen molar-refractivity contribution in [3.05, 3.63) is 17.7 Å². The van der Waals surface area contributed by atoms with E-state index < -0.39 is 12.2 Å². The van der Waals surface area contributed by atoms with Crippen LogP contribution in [0, 0.1) is 0 Å². The minimum atomic E-state index is -1.10. The molecule has 3 atom stereocenters. The number of hydrogen-bond acceptors (Lipinski definition) is 5. The molecule has 0 bridgehead atoms. The van der Waals surface area contributed by atoms with Gasteiger partial charge >= 0.3 is 6.03 Å². The number of nitrogens with one attached hydrogen (secondary N) is 2. The van der Waals surface area contributed by atoms with Gasteiger partial charge in [-0.3, -0.25) is 4.90 Å². The van der Waals surface area contributed by atoms with Gasteiger partial charge in [-0.2, -0.15) is 0 Å². The summed E-state index contributed by atoms with van der Waals surface area (Å²) in [6.07, 6.45) is -0.280. The molecule has 2 N–H and O–H groups in total. The van der Waals surface area contributed by atoms with Crippen LogP contribution in [0.1, 0.15) is 5.56 Å². The number of halogens is 1. The van der Waals surface area contributed by atoms with Gasteiger partial charge in [-0.1, -0.05) is 11.3 Å². The molecule has 2 fully saturated rings. The quantitative estimate of drug-likeness (QED) is 0.828. The van der Waals surface area contributed by atoms with Crippen LogP contribution in [0.15, 0.2) is 12.1 Å². The fourth-order valence-corrected chi connectivity index (χ4v) is 4.73. The molecule has 0 saturated carbocycles. The summed E-state index contributed by atoms with van der Waals surface area (Å²) in [5, 5.41) is 6.43. The third-order valence-corrected chi connectivity index (χ3v) is 5.76. The van der Waals surface area contributed by atoms with E-state index in [1.807, 2.05) is 12.1 Å². The molecule has 2 amide bonds. The Kier molecular flexibility index (Phi) is 2.81. The van der Waals surface area contributed by atoms with E-state index in [0.29, 0.717) is 18.3 Å². The van der Waals surface area contributed by atoms with E-state index in [9.17, 15) is 9.18 Å². The Morgan fingerprint density at radius 2 is 2.30 bits per heavy atom. The molecule has 3 aliphatic heterocycles. The molecule has 8 heteroatoms. The van der Waals surface area contributed by atoms with E-state index >= 15 is 0 Å². The Bertz CT molecular complexity index is 810. The summed E-state index contributed by atoms with van der Waals surface area (Å²) in [6.45, 7) is 1.51. The van der Waals surface area contributed by atoms with Crippen LogP contribution in [0.4, 0.5) is 14.3 Å². The average molecular weight is 334 g/mol. The highest BCUT2D eigenvalue weighted by Gasteiger charge is 2.48. The van der Waals surface area contributed by atoms with Crippen molar-refractivity contribution in [2.24, 2.45) is 0 Å². The van der Waals surface area contributed by atoms with Gasteiger partial charge in [0, 0.05) is 25.1 Å². The highest BCUT2D eigenvalue weighted by atomic mass is 32.1. The third-order valence-electron chi connectivity index (χ3n) is 4.74. The number of rotatable bonds is 1. The van der Waals surface area contributed by atoms with Crippen LogP contribution in [0.25, 0.3) is 10.2 Å².